The number of nitro groups is 1. The van der Waals surface area contributed by atoms with Crippen molar-refractivity contribution in [2.75, 3.05) is 6.61 Å². The molecule has 1 atom stereocenters. The average molecular weight is 330 g/mol. The predicted octanol–water partition coefficient (Wildman–Crippen LogP) is 1.67. The lowest BCUT2D eigenvalue weighted by atomic mass is 9.97. The van der Waals surface area contributed by atoms with Crippen LogP contribution in [0, 0.1) is 16.0 Å². The Balaban J connectivity index is 1.83. The first-order chi connectivity index (χ1) is 11.4. The van der Waals surface area contributed by atoms with Gasteiger partial charge < -0.3 is 10.4 Å². The van der Waals surface area contributed by atoms with Gasteiger partial charge in [-0.3, -0.25) is 14.9 Å². The Morgan fingerprint density at radius 2 is 2.17 bits per heavy atom. The van der Waals surface area contributed by atoms with Crippen molar-refractivity contribution in [3.63, 3.8) is 0 Å². The maximum atomic E-state index is 12.4. The van der Waals surface area contributed by atoms with Crippen molar-refractivity contribution >= 4 is 11.6 Å². The molecule has 0 aliphatic heterocycles. The van der Waals surface area contributed by atoms with Gasteiger partial charge >= 0.3 is 0 Å². The van der Waals surface area contributed by atoms with Crippen LogP contribution in [0.5, 0.6) is 0 Å². The van der Waals surface area contributed by atoms with E-state index < -0.39 is 16.4 Å². The summed E-state index contributed by atoms with van der Waals surface area (Å²) in [5.74, 6) is -0.139. The fourth-order valence-electron chi connectivity index (χ4n) is 2.71. The van der Waals surface area contributed by atoms with E-state index in [-0.39, 0.29) is 29.6 Å². The molecule has 1 aromatic carbocycles. The summed E-state index contributed by atoms with van der Waals surface area (Å²) in [4.78, 5) is 23.0. The topological polar surface area (TPSA) is 110 Å². The van der Waals surface area contributed by atoms with E-state index in [1.807, 2.05) is 6.92 Å². The van der Waals surface area contributed by atoms with E-state index in [0.717, 1.165) is 12.8 Å². The molecule has 1 aliphatic carbocycles. The van der Waals surface area contributed by atoms with E-state index in [4.69, 9.17) is 0 Å². The number of hydrogen-bond donors (Lipinski definition) is 2. The van der Waals surface area contributed by atoms with Gasteiger partial charge in [-0.1, -0.05) is 12.1 Å². The molecule has 8 nitrogen and oxygen atoms in total. The number of aliphatic hydroxyl groups is 1. The Labute approximate surface area is 138 Å². The van der Waals surface area contributed by atoms with Crippen LogP contribution in [0.2, 0.25) is 0 Å². The highest BCUT2D eigenvalue weighted by Gasteiger charge is 2.42. The molecule has 1 aliphatic rings. The first-order valence-corrected chi connectivity index (χ1v) is 7.67. The van der Waals surface area contributed by atoms with Crippen LogP contribution in [0.25, 0.3) is 5.69 Å². The van der Waals surface area contributed by atoms with Gasteiger partial charge in [0.2, 0.25) is 0 Å². The Morgan fingerprint density at radius 1 is 1.46 bits per heavy atom. The molecule has 1 amide bonds. The minimum absolute atomic E-state index is 0.0919. The molecule has 0 bridgehead atoms. The predicted molar refractivity (Wildman–Crippen MR) is 85.9 cm³/mol. The molecule has 1 aromatic heterocycles. The summed E-state index contributed by atoms with van der Waals surface area (Å²) < 4.78 is 1.31. The van der Waals surface area contributed by atoms with Crippen LogP contribution in [-0.2, 0) is 0 Å². The highest BCUT2D eigenvalue weighted by Crippen LogP contribution is 2.39. The number of rotatable bonds is 6. The van der Waals surface area contributed by atoms with Gasteiger partial charge in [0.1, 0.15) is 5.69 Å². The fourth-order valence-corrected chi connectivity index (χ4v) is 2.71. The SMILES string of the molecule is CC(CO)(NC(=O)c1ccn(-c2ccccc2[N+](=O)[O-])n1)C1CC1. The van der Waals surface area contributed by atoms with Gasteiger partial charge in [0.15, 0.2) is 5.69 Å². The molecule has 8 heteroatoms. The van der Waals surface area contributed by atoms with Gasteiger partial charge in [-0.05, 0) is 37.8 Å². The van der Waals surface area contributed by atoms with Gasteiger partial charge in [0.05, 0.1) is 17.1 Å². The molecule has 126 valence electrons. The van der Waals surface area contributed by atoms with Gasteiger partial charge in [0, 0.05) is 12.3 Å². The molecular formula is C16H18N4O4. The zero-order valence-electron chi connectivity index (χ0n) is 13.2. The van der Waals surface area contributed by atoms with Crippen LogP contribution < -0.4 is 5.32 Å². The number of benzene rings is 1. The lowest BCUT2D eigenvalue weighted by molar-refractivity contribution is -0.384. The highest BCUT2D eigenvalue weighted by atomic mass is 16.6. The number of hydrogen-bond acceptors (Lipinski definition) is 5. The molecule has 0 saturated heterocycles. The molecule has 1 saturated carbocycles. The molecular weight excluding hydrogens is 312 g/mol. The lowest BCUT2D eigenvalue weighted by Gasteiger charge is -2.28. The Morgan fingerprint density at radius 3 is 2.79 bits per heavy atom. The van der Waals surface area contributed by atoms with Gasteiger partial charge in [-0.25, -0.2) is 4.68 Å². The third-order valence-electron chi connectivity index (χ3n) is 4.35. The van der Waals surface area contributed by atoms with E-state index in [1.165, 1.54) is 23.0 Å². The third-order valence-corrected chi connectivity index (χ3v) is 4.35. The Hall–Kier alpha value is -2.74. The molecule has 1 unspecified atom stereocenters. The maximum Gasteiger partial charge on any atom is 0.294 e. The van der Waals surface area contributed by atoms with Crippen LogP contribution in [0.15, 0.2) is 36.5 Å². The van der Waals surface area contributed by atoms with Crippen molar-refractivity contribution in [2.24, 2.45) is 5.92 Å². The van der Waals surface area contributed by atoms with Crippen molar-refractivity contribution in [3.05, 3.63) is 52.3 Å². The summed E-state index contributed by atoms with van der Waals surface area (Å²) in [6.45, 7) is 1.66. The van der Waals surface area contributed by atoms with Crippen molar-refractivity contribution in [1.82, 2.24) is 15.1 Å². The van der Waals surface area contributed by atoms with Crippen molar-refractivity contribution in [3.8, 4) is 5.69 Å². The summed E-state index contributed by atoms with van der Waals surface area (Å²) in [5.41, 5.74) is -0.326. The highest BCUT2D eigenvalue weighted by molar-refractivity contribution is 5.92. The molecule has 1 heterocycles. The molecule has 2 aromatic rings. The number of para-hydroxylation sites is 2. The van der Waals surface area contributed by atoms with E-state index in [2.05, 4.69) is 10.4 Å². The number of aliphatic hydroxyl groups excluding tert-OH is 1. The number of nitrogens with one attached hydrogen (secondary N) is 1. The maximum absolute atomic E-state index is 12.4. The van der Waals surface area contributed by atoms with E-state index >= 15 is 0 Å². The number of nitro benzene ring substituents is 1. The second-order valence-corrected chi connectivity index (χ2v) is 6.20. The van der Waals surface area contributed by atoms with Crippen LogP contribution >= 0.6 is 0 Å². The summed E-state index contributed by atoms with van der Waals surface area (Å²) in [6, 6.07) is 7.68. The Bertz CT molecular complexity index is 784. The van der Waals surface area contributed by atoms with Crippen LogP contribution in [0.1, 0.15) is 30.3 Å². The third kappa shape index (κ3) is 3.00. The summed E-state index contributed by atoms with van der Waals surface area (Å²) in [6.07, 6.45) is 3.45. The molecule has 0 radical (unpaired) electrons. The zero-order chi connectivity index (χ0) is 17.3. The number of carbonyl (C=O) groups is 1. The van der Waals surface area contributed by atoms with Crippen molar-refractivity contribution < 1.29 is 14.8 Å². The molecule has 0 spiro atoms. The largest absolute Gasteiger partial charge is 0.394 e. The number of nitrogens with zero attached hydrogens (tertiary/aromatic N) is 3. The number of amides is 1. The second-order valence-electron chi connectivity index (χ2n) is 6.20. The van der Waals surface area contributed by atoms with Crippen LogP contribution in [-0.4, -0.2) is 37.9 Å². The molecule has 3 rings (SSSR count). The van der Waals surface area contributed by atoms with Crippen molar-refractivity contribution in [1.29, 1.82) is 0 Å². The summed E-state index contributed by atoms with van der Waals surface area (Å²) in [7, 11) is 0. The summed E-state index contributed by atoms with van der Waals surface area (Å²) in [5, 5.41) is 27.6. The average Bonchev–Trinajstić information content (AvgIpc) is 3.32. The van der Waals surface area contributed by atoms with Gasteiger partial charge in [-0.15, -0.1) is 0 Å². The minimum atomic E-state index is -0.667. The van der Waals surface area contributed by atoms with E-state index in [0.29, 0.717) is 0 Å². The summed E-state index contributed by atoms with van der Waals surface area (Å²) >= 11 is 0. The normalized spacial score (nSPS) is 16.4. The smallest absolute Gasteiger partial charge is 0.294 e. The van der Waals surface area contributed by atoms with Crippen molar-refractivity contribution in [2.45, 2.75) is 25.3 Å². The van der Waals surface area contributed by atoms with Crippen LogP contribution in [0.3, 0.4) is 0 Å². The molecule has 24 heavy (non-hydrogen) atoms. The Kier molecular flexibility index (Phi) is 4.06. The first-order valence-electron chi connectivity index (χ1n) is 7.67. The second kappa shape index (κ2) is 6.04. The number of carbonyl (C=O) groups excluding carboxylic acids is 1. The minimum Gasteiger partial charge on any atom is -0.394 e. The zero-order valence-corrected chi connectivity index (χ0v) is 13.2. The fraction of sp³-hybridized carbons (Fsp3) is 0.375. The van der Waals surface area contributed by atoms with E-state index in [9.17, 15) is 20.0 Å². The van der Waals surface area contributed by atoms with Gasteiger partial charge in [0.25, 0.3) is 11.6 Å². The molecule has 2 N–H and O–H groups in total. The van der Waals surface area contributed by atoms with Crippen LogP contribution in [0.4, 0.5) is 5.69 Å². The standard InChI is InChI=1S/C16H18N4O4/c1-16(10-21,11-6-7-11)17-15(22)12-8-9-19(18-12)13-4-2-3-5-14(13)20(23)24/h2-5,8-9,11,21H,6-7,10H2,1H3,(H,17,22). The van der Waals surface area contributed by atoms with Gasteiger partial charge in [-0.2, -0.15) is 5.10 Å². The number of aromatic nitrogens is 2. The first kappa shape index (κ1) is 16.1. The quantitative estimate of drug-likeness (QED) is 0.618. The lowest BCUT2D eigenvalue weighted by Crippen LogP contribution is -2.50. The monoisotopic (exact) mass is 330 g/mol. The molecule has 1 fully saturated rings. The van der Waals surface area contributed by atoms with E-state index in [1.54, 1.807) is 18.2 Å².